The molecule has 1 atom stereocenters. The van der Waals surface area contributed by atoms with Crippen LogP contribution < -0.4 is 0 Å². The van der Waals surface area contributed by atoms with Crippen LogP contribution in [0, 0.1) is 5.41 Å². The van der Waals surface area contributed by atoms with Crippen LogP contribution in [0.15, 0.2) is 0 Å². The number of carbonyl (C=O) groups is 1. The Kier molecular flexibility index (Phi) is 3.22. The minimum absolute atomic E-state index is 0.0548. The van der Waals surface area contributed by atoms with Gasteiger partial charge in [0.1, 0.15) is 6.23 Å². The van der Waals surface area contributed by atoms with Crippen LogP contribution in [0.1, 0.15) is 32.6 Å². The zero-order valence-electron chi connectivity index (χ0n) is 10.3. The highest BCUT2D eigenvalue weighted by Crippen LogP contribution is 2.43. The van der Waals surface area contributed by atoms with Crippen molar-refractivity contribution in [3.8, 4) is 0 Å². The number of nitrogens with zero attached hydrogens (tertiary/aromatic N) is 2. The fraction of sp³-hybridized carbons (Fsp3) is 0.917. The number of hydrogen-bond donors (Lipinski definition) is 1. The van der Waals surface area contributed by atoms with Crippen LogP contribution in [0.3, 0.4) is 0 Å². The zero-order valence-corrected chi connectivity index (χ0v) is 10.3. The quantitative estimate of drug-likeness (QED) is 0.714. The van der Waals surface area contributed by atoms with Crippen molar-refractivity contribution in [1.82, 2.24) is 9.80 Å². The van der Waals surface area contributed by atoms with Crippen molar-refractivity contribution in [3.05, 3.63) is 0 Å². The van der Waals surface area contributed by atoms with Gasteiger partial charge in [0.05, 0.1) is 0 Å². The number of amides is 1. The molecule has 2 rings (SSSR count). The Morgan fingerprint density at radius 2 is 1.88 bits per heavy atom. The highest BCUT2D eigenvalue weighted by Gasteiger charge is 2.47. The molecule has 4 nitrogen and oxygen atoms in total. The average Bonchev–Trinajstić information content (AvgIpc) is 2.59. The molecule has 2 saturated heterocycles. The van der Waals surface area contributed by atoms with Gasteiger partial charge in [-0.1, -0.05) is 6.92 Å². The van der Waals surface area contributed by atoms with Gasteiger partial charge in [-0.25, -0.2) is 0 Å². The summed E-state index contributed by atoms with van der Waals surface area (Å²) < 4.78 is 0. The van der Waals surface area contributed by atoms with Crippen LogP contribution in [0.5, 0.6) is 0 Å². The number of rotatable bonds is 1. The lowest BCUT2D eigenvalue weighted by atomic mass is 9.76. The smallest absolute Gasteiger partial charge is 0.222 e. The molecule has 16 heavy (non-hydrogen) atoms. The molecule has 0 radical (unpaired) electrons. The zero-order chi connectivity index (χ0) is 11.8. The maximum absolute atomic E-state index is 11.6. The van der Waals surface area contributed by atoms with Crippen LogP contribution >= 0.6 is 0 Å². The number of hydrogen-bond acceptors (Lipinski definition) is 3. The summed E-state index contributed by atoms with van der Waals surface area (Å²) in [6.07, 6.45) is 3.24. The van der Waals surface area contributed by atoms with E-state index < -0.39 is 0 Å². The van der Waals surface area contributed by atoms with Gasteiger partial charge in [-0.2, -0.15) is 0 Å². The summed E-state index contributed by atoms with van der Waals surface area (Å²) in [5.41, 5.74) is 0.0548. The lowest BCUT2D eigenvalue weighted by Gasteiger charge is -2.41. The first-order valence-electron chi connectivity index (χ1n) is 6.25. The van der Waals surface area contributed by atoms with E-state index in [0.717, 1.165) is 38.9 Å². The van der Waals surface area contributed by atoms with Crippen LogP contribution in [0.2, 0.25) is 0 Å². The van der Waals surface area contributed by atoms with Crippen molar-refractivity contribution >= 4 is 5.91 Å². The third-order valence-corrected chi connectivity index (χ3v) is 4.34. The van der Waals surface area contributed by atoms with E-state index in [4.69, 9.17) is 0 Å². The average molecular weight is 226 g/mol. The topological polar surface area (TPSA) is 43.8 Å². The van der Waals surface area contributed by atoms with Gasteiger partial charge in [0.15, 0.2) is 0 Å². The van der Waals surface area contributed by atoms with Crippen LogP contribution in [-0.2, 0) is 4.79 Å². The third-order valence-electron chi connectivity index (χ3n) is 4.34. The summed E-state index contributed by atoms with van der Waals surface area (Å²) in [5.74, 6) is 0.246. The molecular formula is C12H22N2O2. The predicted octanol–water partition coefficient (Wildman–Crippen LogP) is 0.659. The second-order valence-corrected chi connectivity index (χ2v) is 5.20. The highest BCUT2D eigenvalue weighted by molar-refractivity contribution is 5.75. The first kappa shape index (κ1) is 11.9. The minimum atomic E-state index is -0.314. The molecule has 0 aliphatic carbocycles. The summed E-state index contributed by atoms with van der Waals surface area (Å²) in [6.45, 7) is 4.52. The van der Waals surface area contributed by atoms with Gasteiger partial charge in [0.25, 0.3) is 0 Å². The van der Waals surface area contributed by atoms with E-state index in [-0.39, 0.29) is 17.6 Å². The summed E-state index contributed by atoms with van der Waals surface area (Å²) in [4.78, 5) is 15.5. The molecule has 2 aliphatic rings. The summed E-state index contributed by atoms with van der Waals surface area (Å²) in [6, 6.07) is 0. The molecule has 1 unspecified atom stereocenters. The molecule has 0 aromatic carbocycles. The highest BCUT2D eigenvalue weighted by atomic mass is 16.3. The van der Waals surface area contributed by atoms with Crippen molar-refractivity contribution in [1.29, 1.82) is 0 Å². The first-order valence-corrected chi connectivity index (χ1v) is 6.25. The Hall–Kier alpha value is -0.610. The molecule has 0 aromatic rings. The summed E-state index contributed by atoms with van der Waals surface area (Å²) >= 11 is 0. The molecule has 92 valence electrons. The van der Waals surface area contributed by atoms with Gasteiger partial charge < -0.3 is 10.0 Å². The Bertz CT molecular complexity index is 272. The molecule has 2 fully saturated rings. The SMILES string of the molecule is CCC(=O)N1CCC2(CC1)CCN(C)C2O. The van der Waals surface area contributed by atoms with Gasteiger partial charge in [0, 0.05) is 31.5 Å². The summed E-state index contributed by atoms with van der Waals surface area (Å²) in [7, 11) is 1.98. The molecule has 0 bridgehead atoms. The third kappa shape index (κ3) is 1.84. The first-order chi connectivity index (χ1) is 7.59. The molecule has 4 heteroatoms. The van der Waals surface area contributed by atoms with Crippen LogP contribution in [0.25, 0.3) is 0 Å². The lowest BCUT2D eigenvalue weighted by Crippen LogP contribution is -2.48. The van der Waals surface area contributed by atoms with Gasteiger partial charge in [-0.3, -0.25) is 9.69 Å². The summed E-state index contributed by atoms with van der Waals surface area (Å²) in [5, 5.41) is 10.2. The molecule has 1 amide bonds. The molecule has 2 heterocycles. The predicted molar refractivity (Wildman–Crippen MR) is 61.8 cm³/mol. The molecular weight excluding hydrogens is 204 g/mol. The lowest BCUT2D eigenvalue weighted by molar-refractivity contribution is -0.135. The maximum Gasteiger partial charge on any atom is 0.222 e. The Labute approximate surface area is 97.2 Å². The Balaban J connectivity index is 1.97. The van der Waals surface area contributed by atoms with E-state index in [1.807, 2.05) is 23.8 Å². The number of likely N-dealkylation sites (tertiary alicyclic amines) is 2. The monoisotopic (exact) mass is 226 g/mol. The van der Waals surface area contributed by atoms with Gasteiger partial charge >= 0.3 is 0 Å². The Morgan fingerprint density at radius 1 is 1.31 bits per heavy atom. The Morgan fingerprint density at radius 3 is 2.31 bits per heavy atom. The number of aliphatic hydroxyl groups is 1. The molecule has 1 spiro atoms. The fourth-order valence-corrected chi connectivity index (χ4v) is 3.05. The van der Waals surface area contributed by atoms with E-state index in [0.29, 0.717) is 6.42 Å². The van der Waals surface area contributed by atoms with Crippen molar-refractivity contribution in [3.63, 3.8) is 0 Å². The van der Waals surface area contributed by atoms with Crippen molar-refractivity contribution < 1.29 is 9.90 Å². The van der Waals surface area contributed by atoms with E-state index in [2.05, 4.69) is 0 Å². The maximum atomic E-state index is 11.6. The number of aliphatic hydroxyl groups excluding tert-OH is 1. The van der Waals surface area contributed by atoms with Crippen LogP contribution in [-0.4, -0.2) is 53.7 Å². The number of carbonyl (C=O) groups excluding carboxylic acids is 1. The van der Waals surface area contributed by atoms with E-state index in [9.17, 15) is 9.90 Å². The van der Waals surface area contributed by atoms with Crippen molar-refractivity contribution in [2.75, 3.05) is 26.7 Å². The van der Waals surface area contributed by atoms with E-state index >= 15 is 0 Å². The van der Waals surface area contributed by atoms with Gasteiger partial charge in [0.2, 0.25) is 5.91 Å². The largest absolute Gasteiger partial charge is 0.378 e. The van der Waals surface area contributed by atoms with Crippen molar-refractivity contribution in [2.24, 2.45) is 5.41 Å². The minimum Gasteiger partial charge on any atom is -0.378 e. The second kappa shape index (κ2) is 4.34. The molecule has 2 aliphatic heterocycles. The van der Waals surface area contributed by atoms with Crippen molar-refractivity contribution in [2.45, 2.75) is 38.8 Å². The normalized spacial score (nSPS) is 29.9. The molecule has 0 saturated carbocycles. The van der Waals surface area contributed by atoms with Gasteiger partial charge in [-0.05, 0) is 26.3 Å². The number of piperidine rings is 1. The van der Waals surface area contributed by atoms with Crippen LogP contribution in [0.4, 0.5) is 0 Å². The second-order valence-electron chi connectivity index (χ2n) is 5.20. The van der Waals surface area contributed by atoms with E-state index in [1.54, 1.807) is 0 Å². The van der Waals surface area contributed by atoms with E-state index in [1.165, 1.54) is 0 Å². The standard InChI is InChI=1S/C12H22N2O2/c1-3-10(15)14-8-5-12(6-9-14)4-7-13(2)11(12)16/h11,16H,3-9H2,1-2H3. The van der Waals surface area contributed by atoms with Gasteiger partial charge in [-0.15, -0.1) is 0 Å². The fourth-order valence-electron chi connectivity index (χ4n) is 3.05. The molecule has 1 N–H and O–H groups in total. The molecule has 0 aromatic heterocycles.